The number of aliphatic hydroxyl groups excluding tert-OH is 1. The Kier molecular flexibility index (Phi) is 4.10. The van der Waals surface area contributed by atoms with Crippen molar-refractivity contribution in [3.8, 4) is 5.75 Å². The van der Waals surface area contributed by atoms with Crippen molar-refractivity contribution in [1.82, 2.24) is 0 Å². The molecule has 3 nitrogen and oxygen atoms in total. The molecular weight excluding hydrogens is 339 g/mol. The first-order chi connectivity index (χ1) is 9.26. The molecule has 0 fully saturated rings. The second-order valence-corrected chi connectivity index (χ2v) is 5.04. The van der Waals surface area contributed by atoms with Crippen molar-refractivity contribution in [2.75, 3.05) is 4.90 Å². The SMILES string of the molecule is CC1=CC(O)N(c2ccc(OC(F)(F)F)cc2)C=C1Br. The van der Waals surface area contributed by atoms with E-state index in [-0.39, 0.29) is 5.75 Å². The summed E-state index contributed by atoms with van der Waals surface area (Å²) in [5.74, 6) is -0.303. The standard InChI is InChI=1S/C13H11BrF3NO2/c1-8-6-12(19)18(7-11(8)14)9-2-4-10(5-3-9)20-13(15,16)17/h2-7,12,19H,1H3. The third-order valence-corrected chi connectivity index (χ3v) is 3.51. The van der Waals surface area contributed by atoms with Gasteiger partial charge in [-0.15, -0.1) is 13.2 Å². The third kappa shape index (κ3) is 3.55. The van der Waals surface area contributed by atoms with E-state index in [0.29, 0.717) is 5.69 Å². The Bertz CT molecular complexity index is 552. The fourth-order valence-corrected chi connectivity index (χ4v) is 2.08. The van der Waals surface area contributed by atoms with E-state index in [2.05, 4.69) is 20.7 Å². The monoisotopic (exact) mass is 349 g/mol. The molecule has 0 saturated carbocycles. The Morgan fingerprint density at radius 1 is 1.25 bits per heavy atom. The summed E-state index contributed by atoms with van der Waals surface area (Å²) in [5.41, 5.74) is 1.43. The van der Waals surface area contributed by atoms with Crippen molar-refractivity contribution in [2.45, 2.75) is 19.5 Å². The molecule has 1 aliphatic heterocycles. The van der Waals surface area contributed by atoms with Gasteiger partial charge in [-0.1, -0.05) is 0 Å². The number of aliphatic hydroxyl groups is 1. The smallest absolute Gasteiger partial charge is 0.406 e. The number of hydrogen-bond acceptors (Lipinski definition) is 3. The van der Waals surface area contributed by atoms with Gasteiger partial charge in [0.2, 0.25) is 0 Å². The molecular formula is C13H11BrF3NO2. The van der Waals surface area contributed by atoms with Gasteiger partial charge in [0.05, 0.1) is 0 Å². The molecule has 1 aromatic carbocycles. The average Bonchev–Trinajstić information content (AvgIpc) is 2.33. The predicted molar refractivity (Wildman–Crippen MR) is 72.4 cm³/mol. The van der Waals surface area contributed by atoms with Gasteiger partial charge in [-0.25, -0.2) is 0 Å². The number of alkyl halides is 3. The van der Waals surface area contributed by atoms with Crippen LogP contribution in [-0.4, -0.2) is 17.7 Å². The summed E-state index contributed by atoms with van der Waals surface area (Å²) in [5, 5.41) is 9.94. The summed E-state index contributed by atoms with van der Waals surface area (Å²) in [6.45, 7) is 1.83. The van der Waals surface area contributed by atoms with Crippen LogP contribution < -0.4 is 9.64 Å². The zero-order chi connectivity index (χ0) is 14.9. The Labute approximate surface area is 122 Å². The van der Waals surface area contributed by atoms with Crippen LogP contribution in [0.2, 0.25) is 0 Å². The number of allylic oxidation sites excluding steroid dienone is 2. The van der Waals surface area contributed by atoms with E-state index in [4.69, 9.17) is 0 Å². The van der Waals surface area contributed by atoms with Crippen molar-refractivity contribution in [3.05, 3.63) is 46.6 Å². The van der Waals surface area contributed by atoms with Gasteiger partial charge in [-0.3, -0.25) is 0 Å². The van der Waals surface area contributed by atoms with Gasteiger partial charge in [0.1, 0.15) is 5.75 Å². The van der Waals surface area contributed by atoms with Gasteiger partial charge in [0.15, 0.2) is 6.23 Å². The molecule has 0 aromatic heterocycles. The number of ether oxygens (including phenoxy) is 1. The van der Waals surface area contributed by atoms with Crippen LogP contribution in [0.15, 0.2) is 46.6 Å². The predicted octanol–water partition coefficient (Wildman–Crippen LogP) is 3.91. The van der Waals surface area contributed by atoms with Crippen molar-refractivity contribution in [1.29, 1.82) is 0 Å². The lowest BCUT2D eigenvalue weighted by Crippen LogP contribution is -2.31. The molecule has 0 radical (unpaired) electrons. The van der Waals surface area contributed by atoms with Gasteiger partial charge < -0.3 is 14.7 Å². The van der Waals surface area contributed by atoms with E-state index in [9.17, 15) is 18.3 Å². The largest absolute Gasteiger partial charge is 0.573 e. The maximum Gasteiger partial charge on any atom is 0.573 e. The highest BCUT2D eigenvalue weighted by atomic mass is 79.9. The molecule has 1 N–H and O–H groups in total. The minimum Gasteiger partial charge on any atom is -0.406 e. The molecule has 7 heteroatoms. The first-order valence-corrected chi connectivity index (χ1v) is 6.44. The highest BCUT2D eigenvalue weighted by molar-refractivity contribution is 9.12. The second kappa shape index (κ2) is 5.49. The van der Waals surface area contributed by atoms with Crippen LogP contribution in [0.5, 0.6) is 5.75 Å². The molecule has 0 aliphatic carbocycles. The van der Waals surface area contributed by atoms with E-state index in [1.807, 2.05) is 6.92 Å². The minimum absolute atomic E-state index is 0.303. The van der Waals surface area contributed by atoms with Gasteiger partial charge in [0, 0.05) is 16.4 Å². The Hall–Kier alpha value is -1.47. The lowest BCUT2D eigenvalue weighted by atomic mass is 10.2. The molecule has 0 bridgehead atoms. The molecule has 0 amide bonds. The van der Waals surface area contributed by atoms with Crippen LogP contribution in [-0.2, 0) is 0 Å². The van der Waals surface area contributed by atoms with E-state index in [1.54, 1.807) is 12.3 Å². The quantitative estimate of drug-likeness (QED) is 0.878. The maximum atomic E-state index is 12.1. The lowest BCUT2D eigenvalue weighted by molar-refractivity contribution is -0.274. The maximum absolute atomic E-state index is 12.1. The molecule has 0 spiro atoms. The highest BCUT2D eigenvalue weighted by Gasteiger charge is 2.31. The summed E-state index contributed by atoms with van der Waals surface area (Å²) >= 11 is 3.34. The van der Waals surface area contributed by atoms with Crippen molar-refractivity contribution >= 4 is 21.6 Å². The third-order valence-electron chi connectivity index (χ3n) is 2.68. The zero-order valence-electron chi connectivity index (χ0n) is 10.4. The van der Waals surface area contributed by atoms with Crippen molar-refractivity contribution in [3.63, 3.8) is 0 Å². The molecule has 20 heavy (non-hydrogen) atoms. The number of benzene rings is 1. The molecule has 1 heterocycles. The number of halogens is 4. The summed E-state index contributed by atoms with van der Waals surface area (Å²) in [7, 11) is 0. The molecule has 2 rings (SSSR count). The molecule has 108 valence electrons. The van der Waals surface area contributed by atoms with Crippen molar-refractivity contribution in [2.24, 2.45) is 0 Å². The number of rotatable bonds is 2. The van der Waals surface area contributed by atoms with Crippen LogP contribution in [0, 0.1) is 0 Å². The van der Waals surface area contributed by atoms with Crippen LogP contribution in [0.1, 0.15) is 6.92 Å². The first-order valence-electron chi connectivity index (χ1n) is 5.64. The number of nitrogens with zero attached hydrogens (tertiary/aromatic N) is 1. The van der Waals surface area contributed by atoms with Crippen LogP contribution in [0.25, 0.3) is 0 Å². The summed E-state index contributed by atoms with van der Waals surface area (Å²) in [6.07, 6.45) is -2.29. The Balaban J connectivity index is 2.19. The number of anilines is 1. The average molecular weight is 350 g/mol. The molecule has 1 aromatic rings. The Morgan fingerprint density at radius 3 is 2.40 bits per heavy atom. The van der Waals surface area contributed by atoms with Gasteiger partial charge in [-0.2, -0.15) is 0 Å². The van der Waals surface area contributed by atoms with E-state index in [0.717, 1.165) is 10.1 Å². The molecule has 0 saturated heterocycles. The van der Waals surface area contributed by atoms with Crippen molar-refractivity contribution < 1.29 is 23.0 Å². The fourth-order valence-electron chi connectivity index (χ4n) is 1.73. The van der Waals surface area contributed by atoms with Crippen LogP contribution in [0.4, 0.5) is 18.9 Å². The topological polar surface area (TPSA) is 32.7 Å². The molecule has 1 aliphatic rings. The summed E-state index contributed by atoms with van der Waals surface area (Å²) in [4.78, 5) is 1.52. The lowest BCUT2D eigenvalue weighted by Gasteiger charge is -2.29. The Morgan fingerprint density at radius 2 is 1.85 bits per heavy atom. The van der Waals surface area contributed by atoms with Gasteiger partial charge in [0.25, 0.3) is 0 Å². The van der Waals surface area contributed by atoms with Crippen LogP contribution in [0.3, 0.4) is 0 Å². The molecule has 1 unspecified atom stereocenters. The normalized spacial score (nSPS) is 19.5. The van der Waals surface area contributed by atoms with Gasteiger partial charge in [-0.05, 0) is 58.8 Å². The van der Waals surface area contributed by atoms with Gasteiger partial charge >= 0.3 is 6.36 Å². The number of hydrogen-bond donors (Lipinski definition) is 1. The first kappa shape index (κ1) is 14.9. The summed E-state index contributed by atoms with van der Waals surface area (Å²) < 4.78 is 40.8. The fraction of sp³-hybridized carbons (Fsp3) is 0.231. The highest BCUT2D eigenvalue weighted by Crippen LogP contribution is 2.30. The molecule has 1 atom stereocenters. The van der Waals surface area contributed by atoms with E-state index < -0.39 is 12.6 Å². The minimum atomic E-state index is -4.71. The zero-order valence-corrected chi connectivity index (χ0v) is 11.9. The van der Waals surface area contributed by atoms with E-state index >= 15 is 0 Å². The van der Waals surface area contributed by atoms with E-state index in [1.165, 1.54) is 29.2 Å². The van der Waals surface area contributed by atoms with Crippen LogP contribution >= 0.6 is 15.9 Å². The summed E-state index contributed by atoms with van der Waals surface area (Å²) in [6, 6.07) is 5.27. The second-order valence-electron chi connectivity index (χ2n) is 4.19.